The van der Waals surface area contributed by atoms with Crippen molar-refractivity contribution in [1.29, 1.82) is 0 Å². The van der Waals surface area contributed by atoms with Gasteiger partial charge in [0.25, 0.3) is 5.56 Å². The number of halogens is 2. The molecule has 26 heavy (non-hydrogen) atoms. The molecule has 0 unspecified atom stereocenters. The summed E-state index contributed by atoms with van der Waals surface area (Å²) in [7, 11) is 1.65. The molecule has 0 aliphatic carbocycles. The molecule has 3 aromatic rings. The van der Waals surface area contributed by atoms with E-state index in [9.17, 15) is 4.79 Å². The van der Waals surface area contributed by atoms with E-state index in [1.165, 1.54) is 11.8 Å². The van der Waals surface area contributed by atoms with Gasteiger partial charge in [-0.1, -0.05) is 41.0 Å². The Balaban J connectivity index is 1.95. The molecule has 0 fully saturated rings. The van der Waals surface area contributed by atoms with Crippen molar-refractivity contribution < 1.29 is 4.74 Å². The Morgan fingerprint density at radius 3 is 2.81 bits per heavy atom. The van der Waals surface area contributed by atoms with Gasteiger partial charge in [0.15, 0.2) is 5.16 Å². The maximum Gasteiger partial charge on any atom is 0.262 e. The van der Waals surface area contributed by atoms with Crippen molar-refractivity contribution in [3.63, 3.8) is 0 Å². The summed E-state index contributed by atoms with van der Waals surface area (Å²) in [5, 5.41) is 2.22. The monoisotopic (exact) mass is 409 g/mol. The Kier molecular flexibility index (Phi) is 6.53. The van der Waals surface area contributed by atoms with Gasteiger partial charge in [0.05, 0.1) is 10.9 Å². The Morgan fingerprint density at radius 1 is 1.23 bits per heavy atom. The third-order valence-corrected chi connectivity index (χ3v) is 5.28. The summed E-state index contributed by atoms with van der Waals surface area (Å²) in [5.74, 6) is 0.632. The molecule has 0 saturated carbocycles. The number of pyridine rings is 1. The number of fused-ring (bicyclic) bond motifs is 1. The van der Waals surface area contributed by atoms with Crippen molar-refractivity contribution in [3.05, 3.63) is 62.6 Å². The van der Waals surface area contributed by atoms with Gasteiger partial charge in [0.2, 0.25) is 0 Å². The van der Waals surface area contributed by atoms with Crippen LogP contribution < -0.4 is 5.56 Å². The predicted octanol–water partition coefficient (Wildman–Crippen LogP) is 4.43. The molecule has 0 N–H and O–H groups in total. The molecule has 0 aliphatic rings. The zero-order valence-electron chi connectivity index (χ0n) is 14.1. The third kappa shape index (κ3) is 4.57. The van der Waals surface area contributed by atoms with Crippen LogP contribution in [-0.4, -0.2) is 28.3 Å². The molecule has 0 amide bonds. The van der Waals surface area contributed by atoms with Crippen LogP contribution in [0, 0.1) is 0 Å². The highest BCUT2D eigenvalue weighted by Gasteiger charge is 2.12. The number of hydrogen-bond acceptors (Lipinski definition) is 5. The van der Waals surface area contributed by atoms with Crippen LogP contribution in [0.1, 0.15) is 12.0 Å². The number of ether oxygens (including phenoxy) is 1. The summed E-state index contributed by atoms with van der Waals surface area (Å²) in [6.07, 6.45) is 2.45. The lowest BCUT2D eigenvalue weighted by atomic mass is 10.2. The third-order valence-electron chi connectivity index (χ3n) is 3.77. The lowest BCUT2D eigenvalue weighted by Crippen LogP contribution is -2.24. The molecule has 3 rings (SSSR count). The molecule has 0 bridgehead atoms. The molecule has 1 aromatic carbocycles. The highest BCUT2D eigenvalue weighted by Crippen LogP contribution is 2.24. The van der Waals surface area contributed by atoms with Gasteiger partial charge in [0.1, 0.15) is 5.15 Å². The standard InChI is InChI=1S/C18H17Cl2N3O2S/c1-25-8-2-7-23-17(24)14-5-4-13(19)9-15(14)22-18(23)26-11-12-3-6-16(20)21-10-12/h3-6,9-10H,2,7-8,11H2,1H3. The Hall–Kier alpha value is -1.60. The second-order valence-electron chi connectivity index (χ2n) is 5.64. The molecule has 2 aromatic heterocycles. The number of nitrogens with zero attached hydrogens (tertiary/aromatic N) is 3. The number of benzene rings is 1. The van der Waals surface area contributed by atoms with Crippen LogP contribution in [0.25, 0.3) is 10.9 Å². The van der Waals surface area contributed by atoms with E-state index in [2.05, 4.69) is 9.97 Å². The maximum atomic E-state index is 12.9. The van der Waals surface area contributed by atoms with Gasteiger partial charge in [0, 0.05) is 37.2 Å². The van der Waals surface area contributed by atoms with Crippen molar-refractivity contribution in [2.45, 2.75) is 23.9 Å². The molecule has 0 saturated heterocycles. The van der Waals surface area contributed by atoms with E-state index in [0.29, 0.717) is 45.1 Å². The van der Waals surface area contributed by atoms with Gasteiger partial charge in [-0.25, -0.2) is 9.97 Å². The minimum Gasteiger partial charge on any atom is -0.385 e. The minimum absolute atomic E-state index is 0.0699. The van der Waals surface area contributed by atoms with Crippen molar-refractivity contribution in [1.82, 2.24) is 14.5 Å². The molecular formula is C18H17Cl2N3O2S. The van der Waals surface area contributed by atoms with E-state index < -0.39 is 0 Å². The molecule has 0 atom stereocenters. The van der Waals surface area contributed by atoms with E-state index in [1.807, 2.05) is 6.07 Å². The first-order valence-corrected chi connectivity index (χ1v) is 9.75. The quantitative estimate of drug-likeness (QED) is 0.250. The van der Waals surface area contributed by atoms with E-state index in [1.54, 1.807) is 42.1 Å². The minimum atomic E-state index is -0.0699. The SMILES string of the molecule is COCCCn1c(SCc2ccc(Cl)nc2)nc2cc(Cl)ccc2c1=O. The molecule has 2 heterocycles. The van der Waals surface area contributed by atoms with Crippen molar-refractivity contribution >= 4 is 45.9 Å². The summed E-state index contributed by atoms with van der Waals surface area (Å²) in [6, 6.07) is 8.80. The summed E-state index contributed by atoms with van der Waals surface area (Å²) in [5.41, 5.74) is 1.53. The molecule has 0 aliphatic heterocycles. The van der Waals surface area contributed by atoms with Crippen molar-refractivity contribution in [3.8, 4) is 0 Å². The average Bonchev–Trinajstić information content (AvgIpc) is 2.63. The van der Waals surface area contributed by atoms with Crippen LogP contribution in [0.2, 0.25) is 10.2 Å². The van der Waals surface area contributed by atoms with Crippen LogP contribution in [0.15, 0.2) is 46.5 Å². The number of rotatable bonds is 7. The fourth-order valence-electron chi connectivity index (χ4n) is 2.49. The van der Waals surface area contributed by atoms with Crippen LogP contribution in [-0.2, 0) is 17.0 Å². The zero-order chi connectivity index (χ0) is 18.5. The van der Waals surface area contributed by atoms with E-state index in [0.717, 1.165) is 12.0 Å². The van der Waals surface area contributed by atoms with Crippen LogP contribution in [0.4, 0.5) is 0 Å². The molecular weight excluding hydrogens is 393 g/mol. The lowest BCUT2D eigenvalue weighted by Gasteiger charge is -2.13. The summed E-state index contributed by atoms with van der Waals surface area (Å²) in [6.45, 7) is 1.12. The van der Waals surface area contributed by atoms with Crippen LogP contribution in [0.3, 0.4) is 0 Å². The summed E-state index contributed by atoms with van der Waals surface area (Å²) in [4.78, 5) is 21.7. The largest absolute Gasteiger partial charge is 0.385 e. The normalized spacial score (nSPS) is 11.2. The number of methoxy groups -OCH3 is 1. The zero-order valence-corrected chi connectivity index (χ0v) is 16.4. The summed E-state index contributed by atoms with van der Waals surface area (Å²) < 4.78 is 6.80. The fourth-order valence-corrected chi connectivity index (χ4v) is 3.73. The van der Waals surface area contributed by atoms with Gasteiger partial charge < -0.3 is 4.74 Å². The van der Waals surface area contributed by atoms with Gasteiger partial charge >= 0.3 is 0 Å². The smallest absolute Gasteiger partial charge is 0.262 e. The van der Waals surface area contributed by atoms with Crippen LogP contribution in [0.5, 0.6) is 0 Å². The van der Waals surface area contributed by atoms with E-state index >= 15 is 0 Å². The average molecular weight is 410 g/mol. The molecule has 136 valence electrons. The predicted molar refractivity (Wildman–Crippen MR) is 106 cm³/mol. The number of thioether (sulfide) groups is 1. The molecule has 0 spiro atoms. The van der Waals surface area contributed by atoms with E-state index in [-0.39, 0.29) is 5.56 Å². The Labute approximate surface area is 165 Å². The Bertz CT molecular complexity index is 961. The molecule has 5 nitrogen and oxygen atoms in total. The van der Waals surface area contributed by atoms with Gasteiger partial charge in [-0.05, 0) is 36.2 Å². The van der Waals surface area contributed by atoms with Gasteiger partial charge in [-0.2, -0.15) is 0 Å². The molecule has 0 radical (unpaired) electrons. The Morgan fingerprint density at radius 2 is 2.08 bits per heavy atom. The lowest BCUT2D eigenvalue weighted by molar-refractivity contribution is 0.189. The summed E-state index contributed by atoms with van der Waals surface area (Å²) >= 11 is 13.4. The number of aromatic nitrogens is 3. The number of hydrogen-bond donors (Lipinski definition) is 0. The van der Waals surface area contributed by atoms with E-state index in [4.69, 9.17) is 27.9 Å². The second-order valence-corrected chi connectivity index (χ2v) is 7.40. The van der Waals surface area contributed by atoms with Crippen LogP contribution >= 0.6 is 35.0 Å². The van der Waals surface area contributed by atoms with Crippen molar-refractivity contribution in [2.24, 2.45) is 0 Å². The van der Waals surface area contributed by atoms with Gasteiger partial charge in [-0.3, -0.25) is 9.36 Å². The van der Waals surface area contributed by atoms with Gasteiger partial charge in [-0.15, -0.1) is 0 Å². The fraction of sp³-hybridized carbons (Fsp3) is 0.278. The highest BCUT2D eigenvalue weighted by molar-refractivity contribution is 7.98. The highest BCUT2D eigenvalue weighted by atomic mass is 35.5. The topological polar surface area (TPSA) is 57.0 Å². The van der Waals surface area contributed by atoms with Crippen molar-refractivity contribution in [2.75, 3.05) is 13.7 Å². The first-order chi connectivity index (χ1) is 12.6. The maximum absolute atomic E-state index is 12.9. The first-order valence-electron chi connectivity index (χ1n) is 8.01. The molecule has 8 heteroatoms. The second kappa shape index (κ2) is 8.86. The first kappa shape index (κ1) is 19.2.